The topological polar surface area (TPSA) is 174 Å². The van der Waals surface area contributed by atoms with Gasteiger partial charge in [0.25, 0.3) is 0 Å². The van der Waals surface area contributed by atoms with E-state index in [4.69, 9.17) is 11.5 Å². The number of aromatic nitrogens is 2. The Morgan fingerprint density at radius 3 is 2.67 bits per heavy atom. The van der Waals surface area contributed by atoms with E-state index in [0.717, 1.165) is 18.9 Å². The fraction of sp³-hybridized carbons (Fsp3) is 0.476. The molecule has 1 saturated heterocycles. The molecule has 176 valence electrons. The lowest BCUT2D eigenvalue weighted by molar-refractivity contribution is -0.123. The second-order valence-electron chi connectivity index (χ2n) is 8.53. The monoisotopic (exact) mass is 460 g/mol. The number of aromatic carboxylic acids is 1. The van der Waals surface area contributed by atoms with Crippen LogP contribution in [0.4, 0.5) is 10.2 Å². The number of rotatable bonds is 8. The molecule has 2 aromatic rings. The Hall–Kier alpha value is -3.54. The number of carbonyl (C=O) groups excluding carboxylic acids is 2. The van der Waals surface area contributed by atoms with Crippen molar-refractivity contribution < 1.29 is 23.9 Å². The van der Waals surface area contributed by atoms with E-state index < -0.39 is 40.6 Å². The van der Waals surface area contributed by atoms with Gasteiger partial charge in [0.05, 0.1) is 11.4 Å². The summed E-state index contributed by atoms with van der Waals surface area (Å²) in [4.78, 5) is 53.3. The number of fused-ring (bicyclic) bond motifs is 1. The molecule has 1 aliphatic heterocycles. The van der Waals surface area contributed by atoms with Gasteiger partial charge in [0.15, 0.2) is 11.6 Å². The van der Waals surface area contributed by atoms with Crippen LogP contribution in [0.25, 0.3) is 11.0 Å². The third-order valence-electron chi connectivity index (χ3n) is 5.98. The molecule has 33 heavy (non-hydrogen) atoms. The van der Waals surface area contributed by atoms with Gasteiger partial charge in [0.1, 0.15) is 11.2 Å². The second-order valence-corrected chi connectivity index (χ2v) is 8.53. The van der Waals surface area contributed by atoms with Crippen molar-refractivity contribution in [1.29, 1.82) is 0 Å². The van der Waals surface area contributed by atoms with E-state index in [-0.39, 0.29) is 48.3 Å². The van der Waals surface area contributed by atoms with Crippen LogP contribution in [0, 0.1) is 5.82 Å². The Bertz CT molecular complexity index is 1190. The molecule has 2 fully saturated rings. The fourth-order valence-corrected chi connectivity index (χ4v) is 4.05. The van der Waals surface area contributed by atoms with Gasteiger partial charge in [-0.2, -0.15) is 0 Å². The molecule has 0 spiro atoms. The van der Waals surface area contributed by atoms with Crippen molar-refractivity contribution in [3.05, 3.63) is 33.9 Å². The first kappa shape index (κ1) is 22.6. The van der Waals surface area contributed by atoms with Crippen molar-refractivity contribution in [3.8, 4) is 0 Å². The highest BCUT2D eigenvalue weighted by atomic mass is 19.1. The molecule has 11 nitrogen and oxygen atoms in total. The Morgan fingerprint density at radius 2 is 2.03 bits per heavy atom. The van der Waals surface area contributed by atoms with Gasteiger partial charge < -0.3 is 31.4 Å². The van der Waals surface area contributed by atoms with Gasteiger partial charge in [-0.3, -0.25) is 14.4 Å². The van der Waals surface area contributed by atoms with Crippen molar-refractivity contribution in [1.82, 2.24) is 14.9 Å². The number of nitrogens with zero attached hydrogens (tertiary/aromatic N) is 3. The lowest BCUT2D eigenvalue weighted by Crippen LogP contribution is -2.46. The van der Waals surface area contributed by atoms with E-state index in [1.807, 2.05) is 0 Å². The lowest BCUT2D eigenvalue weighted by Gasteiger charge is -2.21. The van der Waals surface area contributed by atoms with Crippen LogP contribution < -0.4 is 27.1 Å². The summed E-state index contributed by atoms with van der Waals surface area (Å²) in [5.74, 6) is -3.03. The summed E-state index contributed by atoms with van der Waals surface area (Å²) in [6.07, 6.45) is 3.58. The zero-order chi connectivity index (χ0) is 23.9. The maximum Gasteiger partial charge on any atom is 0.341 e. The van der Waals surface area contributed by atoms with E-state index in [1.54, 1.807) is 9.47 Å². The molecule has 2 aromatic heterocycles. The minimum atomic E-state index is -1.37. The van der Waals surface area contributed by atoms with Gasteiger partial charge in [0, 0.05) is 37.8 Å². The molecule has 4 rings (SSSR count). The molecule has 12 heteroatoms. The number of hydrogen-bond donors (Lipinski definition) is 4. The molecule has 2 amide bonds. The SMILES string of the molecule is NC(=O)CCC(N)C(=O)NC1CCN(c2nc3c(cc2F)c(=O)c(C(=O)O)cn3C2CC2)C1. The molecule has 0 bridgehead atoms. The van der Waals surface area contributed by atoms with Crippen molar-refractivity contribution in [2.24, 2.45) is 11.5 Å². The summed E-state index contributed by atoms with van der Waals surface area (Å²) in [6.45, 7) is 0.697. The van der Waals surface area contributed by atoms with Crippen molar-refractivity contribution >= 4 is 34.6 Å². The number of primary amides is 1. The summed E-state index contributed by atoms with van der Waals surface area (Å²) >= 11 is 0. The highest BCUT2D eigenvalue weighted by Gasteiger charge is 2.31. The standard InChI is InChI=1S/C21H25FN6O5/c22-14-7-12-17(30)13(21(32)33)9-28(11-1-2-11)18(12)26-19(14)27-6-5-10(8-27)25-20(31)15(23)3-4-16(24)29/h7,9-11,15H,1-6,8,23H2,(H2,24,29)(H,25,31)(H,32,33). The number of amides is 2. The Kier molecular flexibility index (Phi) is 6.02. The maximum absolute atomic E-state index is 15.0. The first-order valence-electron chi connectivity index (χ1n) is 10.7. The number of carboxylic acid groups (broad SMARTS) is 1. The third-order valence-corrected chi connectivity index (χ3v) is 5.98. The predicted molar refractivity (Wildman–Crippen MR) is 116 cm³/mol. The third kappa shape index (κ3) is 4.65. The number of halogens is 1. The molecular formula is C21H25FN6O5. The van der Waals surface area contributed by atoms with Gasteiger partial charge >= 0.3 is 5.97 Å². The molecule has 0 radical (unpaired) electrons. The Morgan fingerprint density at radius 1 is 1.30 bits per heavy atom. The summed E-state index contributed by atoms with van der Waals surface area (Å²) in [7, 11) is 0. The van der Waals surface area contributed by atoms with Crippen LogP contribution in [-0.4, -0.2) is 57.6 Å². The number of anilines is 1. The van der Waals surface area contributed by atoms with Crippen LogP contribution >= 0.6 is 0 Å². The van der Waals surface area contributed by atoms with Crippen molar-refractivity contribution in [2.75, 3.05) is 18.0 Å². The van der Waals surface area contributed by atoms with Gasteiger partial charge in [-0.05, 0) is 31.7 Å². The van der Waals surface area contributed by atoms with E-state index in [2.05, 4.69) is 10.3 Å². The quantitative estimate of drug-likeness (QED) is 0.421. The Balaban J connectivity index is 1.56. The number of carbonyl (C=O) groups is 3. The molecule has 1 saturated carbocycles. The molecule has 6 N–H and O–H groups in total. The first-order valence-corrected chi connectivity index (χ1v) is 10.7. The largest absolute Gasteiger partial charge is 0.477 e. The molecule has 2 unspecified atom stereocenters. The zero-order valence-corrected chi connectivity index (χ0v) is 17.8. The Labute approximate surface area is 187 Å². The number of nitrogens with one attached hydrogen (secondary N) is 1. The number of nitrogens with two attached hydrogens (primary N) is 2. The van der Waals surface area contributed by atoms with Crippen LogP contribution in [0.15, 0.2) is 17.1 Å². The summed E-state index contributed by atoms with van der Waals surface area (Å²) in [5.41, 5.74) is 9.92. The average Bonchev–Trinajstić information content (AvgIpc) is 3.50. The summed E-state index contributed by atoms with van der Waals surface area (Å²) in [5, 5.41) is 12.1. The highest BCUT2D eigenvalue weighted by Crippen LogP contribution is 2.37. The maximum atomic E-state index is 15.0. The number of pyridine rings is 2. The van der Waals surface area contributed by atoms with Crippen LogP contribution in [0.1, 0.15) is 48.5 Å². The molecule has 0 aromatic carbocycles. The predicted octanol–water partition coefficient (Wildman–Crippen LogP) is -0.144. The van der Waals surface area contributed by atoms with E-state index in [0.29, 0.717) is 13.0 Å². The van der Waals surface area contributed by atoms with Crippen LogP contribution in [0.2, 0.25) is 0 Å². The number of hydrogen-bond acceptors (Lipinski definition) is 7. The molecule has 2 aliphatic rings. The molecule has 2 atom stereocenters. The zero-order valence-electron chi connectivity index (χ0n) is 17.8. The number of carboxylic acids is 1. The highest BCUT2D eigenvalue weighted by molar-refractivity contribution is 5.92. The van der Waals surface area contributed by atoms with Gasteiger partial charge in [0.2, 0.25) is 17.2 Å². The van der Waals surface area contributed by atoms with Gasteiger partial charge in [-0.1, -0.05) is 0 Å². The minimum absolute atomic E-state index is 0.00386. The van der Waals surface area contributed by atoms with E-state index in [1.165, 1.54) is 6.20 Å². The van der Waals surface area contributed by atoms with Crippen molar-refractivity contribution in [3.63, 3.8) is 0 Å². The summed E-state index contributed by atoms with van der Waals surface area (Å²) in [6, 6.07) is -0.117. The fourth-order valence-electron chi connectivity index (χ4n) is 4.05. The minimum Gasteiger partial charge on any atom is -0.477 e. The van der Waals surface area contributed by atoms with Crippen LogP contribution in [-0.2, 0) is 9.59 Å². The normalized spacial score (nSPS) is 19.0. The van der Waals surface area contributed by atoms with Crippen LogP contribution in [0.5, 0.6) is 0 Å². The van der Waals surface area contributed by atoms with Gasteiger partial charge in [-0.15, -0.1) is 0 Å². The second kappa shape index (κ2) is 8.77. The van der Waals surface area contributed by atoms with Crippen molar-refractivity contribution in [2.45, 2.75) is 50.2 Å². The van der Waals surface area contributed by atoms with E-state index >= 15 is 0 Å². The average molecular weight is 460 g/mol. The first-order chi connectivity index (χ1) is 15.7. The van der Waals surface area contributed by atoms with Crippen LogP contribution in [0.3, 0.4) is 0 Å². The molecule has 1 aliphatic carbocycles. The molecular weight excluding hydrogens is 435 g/mol. The summed E-state index contributed by atoms with van der Waals surface area (Å²) < 4.78 is 16.6. The van der Waals surface area contributed by atoms with E-state index in [9.17, 15) is 28.7 Å². The van der Waals surface area contributed by atoms with Gasteiger partial charge in [-0.25, -0.2) is 14.2 Å². The molecule has 3 heterocycles. The lowest BCUT2D eigenvalue weighted by atomic mass is 10.1. The smallest absolute Gasteiger partial charge is 0.341 e.